The summed E-state index contributed by atoms with van der Waals surface area (Å²) in [4.78, 5) is 44.3. The van der Waals surface area contributed by atoms with Crippen LogP contribution < -0.4 is 10.9 Å². The Bertz CT molecular complexity index is 1360. The predicted molar refractivity (Wildman–Crippen MR) is 146 cm³/mol. The van der Waals surface area contributed by atoms with Gasteiger partial charge in [-0.15, -0.1) is 0 Å². The average molecular weight is 506 g/mol. The molecule has 190 valence electrons. The number of amides is 1. The first kappa shape index (κ1) is 26.1. The fourth-order valence-electron chi connectivity index (χ4n) is 4.64. The summed E-state index contributed by atoms with van der Waals surface area (Å²) in [5, 5.41) is 3.65. The lowest BCUT2D eigenvalue weighted by molar-refractivity contribution is 0.0937. The fourth-order valence-corrected chi connectivity index (χ4v) is 5.63. The van der Waals surface area contributed by atoms with E-state index in [-0.39, 0.29) is 29.2 Å². The van der Waals surface area contributed by atoms with Crippen molar-refractivity contribution in [1.29, 1.82) is 0 Å². The van der Waals surface area contributed by atoms with Crippen LogP contribution in [-0.2, 0) is 6.54 Å². The number of nitrogens with zero attached hydrogens (tertiary/aromatic N) is 2. The number of carbonyl (C=O) groups excluding carboxylic acids is 2. The molecule has 1 N–H and O–H groups in total. The third-order valence-corrected chi connectivity index (χ3v) is 7.95. The number of carbonyl (C=O) groups is 2. The molecule has 1 saturated carbocycles. The molecule has 1 fully saturated rings. The Morgan fingerprint density at radius 1 is 1.03 bits per heavy atom. The van der Waals surface area contributed by atoms with Gasteiger partial charge >= 0.3 is 0 Å². The molecule has 0 saturated heterocycles. The van der Waals surface area contributed by atoms with Crippen molar-refractivity contribution in [2.45, 2.75) is 83.3 Å². The number of hydrogen-bond donors (Lipinski definition) is 1. The van der Waals surface area contributed by atoms with E-state index in [0.717, 1.165) is 36.8 Å². The molecule has 1 aromatic heterocycles. The monoisotopic (exact) mass is 505 g/mol. The van der Waals surface area contributed by atoms with Gasteiger partial charge < -0.3 is 5.32 Å². The standard InChI is InChI=1S/C29H35N3O3S/c1-17(2)16-32-28(35)24-13-12-22(27(34)30-23-8-6-7-9-23)15-25(24)31-29(32)36-20(5)26(33)21-11-10-18(3)19(4)14-21/h10-15,17,20,23H,6-9,16H2,1-5H3,(H,30,34). The smallest absolute Gasteiger partial charge is 0.262 e. The second kappa shape index (κ2) is 11.0. The van der Waals surface area contributed by atoms with Gasteiger partial charge in [-0.2, -0.15) is 0 Å². The van der Waals surface area contributed by atoms with E-state index in [0.29, 0.717) is 33.7 Å². The molecule has 36 heavy (non-hydrogen) atoms. The van der Waals surface area contributed by atoms with Gasteiger partial charge in [0, 0.05) is 23.7 Å². The Kier molecular flexibility index (Phi) is 7.98. The number of ketones is 1. The van der Waals surface area contributed by atoms with E-state index < -0.39 is 5.25 Å². The first-order valence-corrected chi connectivity index (χ1v) is 13.7. The van der Waals surface area contributed by atoms with Gasteiger partial charge in [0.2, 0.25) is 0 Å². The van der Waals surface area contributed by atoms with Crippen molar-refractivity contribution in [3.05, 3.63) is 69.0 Å². The molecule has 2 aromatic carbocycles. The SMILES string of the molecule is Cc1ccc(C(=O)C(C)Sc2nc3cc(C(=O)NC4CCCC4)ccc3c(=O)n2CC(C)C)cc1C. The van der Waals surface area contributed by atoms with Crippen LogP contribution in [-0.4, -0.2) is 32.5 Å². The minimum atomic E-state index is -0.427. The van der Waals surface area contributed by atoms with E-state index in [4.69, 9.17) is 4.98 Å². The third kappa shape index (κ3) is 5.72. The third-order valence-electron chi connectivity index (χ3n) is 6.86. The number of Topliss-reactive ketones (excluding diaryl/α,β-unsaturated/α-hetero) is 1. The maximum atomic E-state index is 13.5. The van der Waals surface area contributed by atoms with E-state index in [9.17, 15) is 14.4 Å². The van der Waals surface area contributed by atoms with Crippen molar-refractivity contribution in [3.8, 4) is 0 Å². The van der Waals surface area contributed by atoms with Crippen LogP contribution in [0.2, 0.25) is 0 Å². The minimum Gasteiger partial charge on any atom is -0.349 e. The Balaban J connectivity index is 1.68. The summed E-state index contributed by atoms with van der Waals surface area (Å²) in [5.41, 5.74) is 3.70. The molecule has 0 bridgehead atoms. The van der Waals surface area contributed by atoms with E-state index in [1.807, 2.05) is 52.8 Å². The lowest BCUT2D eigenvalue weighted by atomic mass is 10.0. The van der Waals surface area contributed by atoms with Crippen LogP contribution in [0.25, 0.3) is 10.9 Å². The first-order valence-electron chi connectivity index (χ1n) is 12.8. The van der Waals surface area contributed by atoms with Gasteiger partial charge in [0.05, 0.1) is 16.2 Å². The number of thioether (sulfide) groups is 1. The average Bonchev–Trinajstić information content (AvgIpc) is 3.35. The molecule has 0 spiro atoms. The van der Waals surface area contributed by atoms with E-state index in [2.05, 4.69) is 5.32 Å². The van der Waals surface area contributed by atoms with Gasteiger partial charge in [0.1, 0.15) is 0 Å². The normalized spacial score (nSPS) is 14.9. The number of benzene rings is 2. The van der Waals surface area contributed by atoms with Crippen LogP contribution in [0.3, 0.4) is 0 Å². The molecule has 1 unspecified atom stereocenters. The number of nitrogens with one attached hydrogen (secondary N) is 1. The number of hydrogen-bond acceptors (Lipinski definition) is 5. The van der Waals surface area contributed by atoms with E-state index in [1.165, 1.54) is 11.8 Å². The van der Waals surface area contributed by atoms with Crippen LogP contribution in [0.1, 0.15) is 78.3 Å². The minimum absolute atomic E-state index is 0.00163. The van der Waals surface area contributed by atoms with Crippen LogP contribution in [0.15, 0.2) is 46.3 Å². The van der Waals surface area contributed by atoms with Crippen LogP contribution in [0, 0.1) is 19.8 Å². The summed E-state index contributed by atoms with van der Waals surface area (Å²) in [5.74, 6) is 0.0891. The molecule has 1 amide bonds. The topological polar surface area (TPSA) is 81.1 Å². The zero-order chi connectivity index (χ0) is 26.0. The first-order chi connectivity index (χ1) is 17.1. The quantitative estimate of drug-likeness (QED) is 0.241. The van der Waals surface area contributed by atoms with Crippen molar-refractivity contribution in [2.75, 3.05) is 0 Å². The van der Waals surface area contributed by atoms with E-state index >= 15 is 0 Å². The Hall–Kier alpha value is -2.93. The van der Waals surface area contributed by atoms with Gasteiger partial charge in [-0.1, -0.05) is 50.6 Å². The predicted octanol–water partition coefficient (Wildman–Crippen LogP) is 5.71. The van der Waals surface area contributed by atoms with Crippen molar-refractivity contribution in [1.82, 2.24) is 14.9 Å². The summed E-state index contributed by atoms with van der Waals surface area (Å²) in [6.45, 7) is 10.5. The maximum absolute atomic E-state index is 13.5. The number of rotatable bonds is 8. The highest BCUT2D eigenvalue weighted by Crippen LogP contribution is 2.27. The second-order valence-corrected chi connectivity index (χ2v) is 11.6. The molecule has 4 rings (SSSR count). The summed E-state index contributed by atoms with van der Waals surface area (Å²) in [7, 11) is 0. The highest BCUT2D eigenvalue weighted by molar-refractivity contribution is 8.00. The number of fused-ring (bicyclic) bond motifs is 1. The van der Waals surface area contributed by atoms with Crippen molar-refractivity contribution in [2.24, 2.45) is 5.92 Å². The van der Waals surface area contributed by atoms with Crippen LogP contribution in [0.5, 0.6) is 0 Å². The molecule has 6 nitrogen and oxygen atoms in total. The molecule has 1 atom stereocenters. The molecule has 3 aromatic rings. The van der Waals surface area contributed by atoms with Crippen molar-refractivity contribution >= 4 is 34.4 Å². The summed E-state index contributed by atoms with van der Waals surface area (Å²) in [6.07, 6.45) is 4.29. The Labute approximate surface area is 216 Å². The fraction of sp³-hybridized carbons (Fsp3) is 0.448. The molecular weight excluding hydrogens is 470 g/mol. The molecular formula is C29H35N3O3S. The highest BCUT2D eigenvalue weighted by atomic mass is 32.2. The molecule has 1 heterocycles. The lowest BCUT2D eigenvalue weighted by Crippen LogP contribution is -2.32. The molecule has 7 heteroatoms. The second-order valence-electron chi connectivity index (χ2n) is 10.3. The Morgan fingerprint density at radius 3 is 2.39 bits per heavy atom. The summed E-state index contributed by atoms with van der Waals surface area (Å²) < 4.78 is 1.67. The number of aryl methyl sites for hydroxylation is 2. The van der Waals surface area contributed by atoms with Gasteiger partial charge in [0.15, 0.2) is 10.9 Å². The molecule has 1 aliphatic carbocycles. The maximum Gasteiger partial charge on any atom is 0.262 e. The lowest BCUT2D eigenvalue weighted by Gasteiger charge is -2.18. The van der Waals surface area contributed by atoms with Gasteiger partial charge in [-0.05, 0) is 74.9 Å². The van der Waals surface area contributed by atoms with Gasteiger partial charge in [-0.25, -0.2) is 4.98 Å². The largest absolute Gasteiger partial charge is 0.349 e. The van der Waals surface area contributed by atoms with Crippen molar-refractivity contribution in [3.63, 3.8) is 0 Å². The Morgan fingerprint density at radius 2 is 1.72 bits per heavy atom. The van der Waals surface area contributed by atoms with Crippen LogP contribution >= 0.6 is 11.8 Å². The number of aromatic nitrogens is 2. The summed E-state index contributed by atoms with van der Waals surface area (Å²) >= 11 is 1.30. The van der Waals surface area contributed by atoms with Gasteiger partial charge in [-0.3, -0.25) is 19.0 Å². The zero-order valence-electron chi connectivity index (χ0n) is 21.8. The van der Waals surface area contributed by atoms with Crippen molar-refractivity contribution < 1.29 is 9.59 Å². The summed E-state index contributed by atoms with van der Waals surface area (Å²) in [6, 6.07) is 11.0. The van der Waals surface area contributed by atoms with E-state index in [1.54, 1.807) is 22.8 Å². The zero-order valence-corrected chi connectivity index (χ0v) is 22.6. The molecule has 1 aliphatic rings. The van der Waals surface area contributed by atoms with Crippen LogP contribution in [0.4, 0.5) is 0 Å². The van der Waals surface area contributed by atoms with Gasteiger partial charge in [0.25, 0.3) is 11.5 Å². The molecule has 0 aliphatic heterocycles. The molecule has 0 radical (unpaired) electrons. The highest BCUT2D eigenvalue weighted by Gasteiger charge is 2.23.